The van der Waals surface area contributed by atoms with Gasteiger partial charge in [-0.15, -0.1) is 6.42 Å². The van der Waals surface area contributed by atoms with Crippen LogP contribution in [-0.2, 0) is 4.74 Å². The van der Waals surface area contributed by atoms with E-state index in [1.165, 1.54) is 6.42 Å². The molecule has 0 spiro atoms. The Morgan fingerprint density at radius 2 is 2.50 bits per heavy atom. The highest BCUT2D eigenvalue weighted by Crippen LogP contribution is 2.51. The van der Waals surface area contributed by atoms with Crippen LogP contribution in [0.3, 0.4) is 0 Å². The first-order chi connectivity index (χ1) is 4.69. The summed E-state index contributed by atoms with van der Waals surface area (Å²) in [6, 6.07) is 0. The highest BCUT2D eigenvalue weighted by atomic mass is 79.9. The van der Waals surface area contributed by atoms with Crippen molar-refractivity contribution in [3.8, 4) is 12.3 Å². The van der Waals surface area contributed by atoms with Gasteiger partial charge in [0.25, 0.3) is 0 Å². The van der Waals surface area contributed by atoms with E-state index in [4.69, 9.17) is 11.2 Å². The Balaban J connectivity index is 2.10. The molecule has 1 rings (SSSR count). The molecule has 0 aliphatic heterocycles. The quantitative estimate of drug-likeness (QED) is 0.386. The van der Waals surface area contributed by atoms with Crippen molar-refractivity contribution in [1.82, 2.24) is 0 Å². The molecule has 0 aromatic heterocycles. The molecule has 1 aliphatic rings. The van der Waals surface area contributed by atoms with Crippen LogP contribution in [0, 0.1) is 17.8 Å². The summed E-state index contributed by atoms with van der Waals surface area (Å²) in [7, 11) is 0. The van der Waals surface area contributed by atoms with Gasteiger partial charge in [0.1, 0.15) is 6.61 Å². The average molecular weight is 203 g/mol. The van der Waals surface area contributed by atoms with Crippen LogP contribution in [0.4, 0.5) is 0 Å². The summed E-state index contributed by atoms with van der Waals surface area (Å²) in [5, 5.41) is 0. The molecule has 2 heteroatoms. The smallest absolute Gasteiger partial charge is 0.107 e. The number of hydrogen-bond acceptors (Lipinski definition) is 1. The van der Waals surface area contributed by atoms with Crippen molar-refractivity contribution < 1.29 is 4.74 Å². The lowest BCUT2D eigenvalue weighted by atomic mass is 10.2. The van der Waals surface area contributed by atoms with E-state index < -0.39 is 0 Å². The Labute approximate surface area is 70.3 Å². The van der Waals surface area contributed by atoms with Crippen molar-refractivity contribution in [2.75, 3.05) is 13.2 Å². The minimum absolute atomic E-state index is 0.358. The molecule has 0 N–H and O–H groups in total. The molecule has 2 atom stereocenters. The monoisotopic (exact) mass is 202 g/mol. The molecule has 0 radical (unpaired) electrons. The fourth-order valence-electron chi connectivity index (χ4n) is 0.843. The van der Waals surface area contributed by atoms with Crippen molar-refractivity contribution in [2.45, 2.75) is 18.2 Å². The second kappa shape index (κ2) is 2.94. The fourth-order valence-corrected chi connectivity index (χ4v) is 1.71. The largest absolute Gasteiger partial charge is 0.368 e. The zero-order valence-electron chi connectivity index (χ0n) is 6.06. The Kier molecular flexibility index (Phi) is 2.38. The van der Waals surface area contributed by atoms with Crippen LogP contribution < -0.4 is 0 Å². The third-order valence-electron chi connectivity index (χ3n) is 1.86. The molecule has 0 heterocycles. The summed E-state index contributed by atoms with van der Waals surface area (Å²) < 4.78 is 5.21. The van der Waals surface area contributed by atoms with E-state index in [1.807, 2.05) is 0 Å². The first-order valence-electron chi connectivity index (χ1n) is 3.34. The van der Waals surface area contributed by atoms with Gasteiger partial charge in [0.15, 0.2) is 0 Å². The maximum atomic E-state index is 5.21. The minimum atomic E-state index is 0.358. The van der Waals surface area contributed by atoms with Crippen LogP contribution in [0.5, 0.6) is 0 Å². The van der Waals surface area contributed by atoms with Gasteiger partial charge in [0.2, 0.25) is 0 Å². The molecular formula is C8H11BrO. The topological polar surface area (TPSA) is 9.23 Å². The molecule has 0 saturated heterocycles. The lowest BCUT2D eigenvalue weighted by Gasteiger charge is -2.06. The molecule has 1 aliphatic carbocycles. The zero-order valence-corrected chi connectivity index (χ0v) is 7.65. The summed E-state index contributed by atoms with van der Waals surface area (Å²) in [5.41, 5.74) is 0.358. The summed E-state index contributed by atoms with van der Waals surface area (Å²) >= 11 is 3.53. The van der Waals surface area contributed by atoms with Gasteiger partial charge in [0.05, 0.1) is 6.61 Å². The van der Waals surface area contributed by atoms with Gasteiger partial charge >= 0.3 is 0 Å². The van der Waals surface area contributed by atoms with Crippen LogP contribution in [-0.4, -0.2) is 18.0 Å². The molecule has 0 aromatic carbocycles. The highest BCUT2D eigenvalue weighted by molar-refractivity contribution is 9.09. The fraction of sp³-hybridized carbons (Fsp3) is 0.750. The van der Waals surface area contributed by atoms with Crippen molar-refractivity contribution in [3.05, 3.63) is 0 Å². The van der Waals surface area contributed by atoms with E-state index in [1.54, 1.807) is 0 Å². The number of halogens is 1. The lowest BCUT2D eigenvalue weighted by molar-refractivity contribution is 0.125. The van der Waals surface area contributed by atoms with Gasteiger partial charge in [-0.1, -0.05) is 28.8 Å². The van der Waals surface area contributed by atoms with Crippen LogP contribution in [0.2, 0.25) is 0 Å². The van der Waals surface area contributed by atoms with Gasteiger partial charge in [-0.05, 0) is 6.42 Å². The van der Waals surface area contributed by atoms with Gasteiger partial charge < -0.3 is 4.74 Å². The number of terminal acetylenes is 1. The summed E-state index contributed by atoms with van der Waals surface area (Å²) in [6.45, 7) is 3.42. The zero-order chi connectivity index (χ0) is 7.61. The van der Waals surface area contributed by atoms with E-state index in [-0.39, 0.29) is 0 Å². The molecule has 0 bridgehead atoms. The summed E-state index contributed by atoms with van der Waals surface area (Å²) in [5.74, 6) is 2.45. The van der Waals surface area contributed by atoms with Crippen molar-refractivity contribution >= 4 is 15.9 Å². The molecule has 0 amide bonds. The second-order valence-corrected chi connectivity index (χ2v) is 4.13. The first kappa shape index (κ1) is 8.10. The number of rotatable bonds is 3. The highest BCUT2D eigenvalue weighted by Gasteiger charge is 2.48. The van der Waals surface area contributed by atoms with E-state index in [2.05, 4.69) is 28.8 Å². The molecule has 0 aromatic rings. The Hall–Kier alpha value is 0. The van der Waals surface area contributed by atoms with Crippen LogP contribution in [0.15, 0.2) is 0 Å². The third kappa shape index (κ3) is 1.74. The molecular weight excluding hydrogens is 192 g/mol. The summed E-state index contributed by atoms with van der Waals surface area (Å²) in [6.07, 6.45) is 6.23. The summed E-state index contributed by atoms with van der Waals surface area (Å²) in [4.78, 5) is 0.637. The van der Waals surface area contributed by atoms with E-state index in [0.717, 1.165) is 6.61 Å². The SMILES string of the molecule is C#CCOC[C@@]1(C)C[C@@H]1Br. The van der Waals surface area contributed by atoms with Crippen molar-refractivity contribution in [3.63, 3.8) is 0 Å². The number of ether oxygens (including phenoxy) is 1. The second-order valence-electron chi connectivity index (χ2n) is 3.02. The molecule has 1 nitrogen and oxygen atoms in total. The maximum Gasteiger partial charge on any atom is 0.107 e. The predicted octanol–water partition coefficient (Wildman–Crippen LogP) is 1.81. The van der Waals surface area contributed by atoms with Gasteiger partial charge in [-0.25, -0.2) is 0 Å². The van der Waals surface area contributed by atoms with E-state index in [9.17, 15) is 0 Å². The standard InChI is InChI=1S/C8H11BrO/c1-3-4-10-6-8(2)5-7(8)9/h1,7H,4-6H2,2H3/t7-,8+/m0/s1. The molecule has 0 unspecified atom stereocenters. The predicted molar refractivity (Wildman–Crippen MR) is 45.1 cm³/mol. The molecule has 1 fully saturated rings. The normalized spacial score (nSPS) is 37.1. The van der Waals surface area contributed by atoms with Crippen LogP contribution in [0.1, 0.15) is 13.3 Å². The van der Waals surface area contributed by atoms with Gasteiger partial charge in [-0.2, -0.15) is 0 Å². The number of hydrogen-bond donors (Lipinski definition) is 0. The van der Waals surface area contributed by atoms with Crippen molar-refractivity contribution in [1.29, 1.82) is 0 Å². The molecule has 56 valence electrons. The van der Waals surface area contributed by atoms with Crippen LogP contribution >= 0.6 is 15.9 Å². The number of alkyl halides is 1. The molecule has 1 saturated carbocycles. The van der Waals surface area contributed by atoms with Crippen LogP contribution in [0.25, 0.3) is 0 Å². The maximum absolute atomic E-state index is 5.21. The Bertz CT molecular complexity index is 161. The van der Waals surface area contributed by atoms with Gasteiger partial charge in [0, 0.05) is 10.2 Å². The minimum Gasteiger partial charge on any atom is -0.368 e. The van der Waals surface area contributed by atoms with Gasteiger partial charge in [-0.3, -0.25) is 0 Å². The van der Waals surface area contributed by atoms with E-state index >= 15 is 0 Å². The first-order valence-corrected chi connectivity index (χ1v) is 4.26. The third-order valence-corrected chi connectivity index (χ3v) is 3.29. The van der Waals surface area contributed by atoms with Crippen molar-refractivity contribution in [2.24, 2.45) is 5.41 Å². The average Bonchev–Trinajstić information content (AvgIpc) is 2.42. The lowest BCUT2D eigenvalue weighted by Crippen LogP contribution is -2.08. The molecule has 10 heavy (non-hydrogen) atoms. The van der Waals surface area contributed by atoms with E-state index in [0.29, 0.717) is 16.8 Å². The Morgan fingerprint density at radius 3 is 2.90 bits per heavy atom. The Morgan fingerprint density at radius 1 is 1.90 bits per heavy atom.